The third-order valence-corrected chi connectivity index (χ3v) is 3.44. The van der Waals surface area contributed by atoms with E-state index in [9.17, 15) is 8.42 Å². The zero-order valence-electron chi connectivity index (χ0n) is 8.43. The van der Waals surface area contributed by atoms with Gasteiger partial charge in [-0.05, 0) is 11.5 Å². The van der Waals surface area contributed by atoms with Crippen molar-refractivity contribution in [3.05, 3.63) is 42.2 Å². The second-order valence-electron chi connectivity index (χ2n) is 3.52. The number of halogens is 1. The van der Waals surface area contributed by atoms with E-state index in [-0.39, 0.29) is 5.75 Å². The average Bonchev–Trinajstić information content (AvgIpc) is 2.25. The van der Waals surface area contributed by atoms with Crippen LogP contribution in [0.3, 0.4) is 0 Å². The van der Waals surface area contributed by atoms with Crippen LogP contribution in [0.2, 0.25) is 0 Å². The summed E-state index contributed by atoms with van der Waals surface area (Å²) in [6, 6.07) is 9.69. The van der Waals surface area contributed by atoms with Crippen molar-refractivity contribution in [2.75, 3.05) is 5.75 Å². The van der Waals surface area contributed by atoms with E-state index in [0.29, 0.717) is 6.42 Å². The Morgan fingerprint density at radius 2 is 1.88 bits per heavy atom. The van der Waals surface area contributed by atoms with Gasteiger partial charge in [0.15, 0.2) is 0 Å². The highest BCUT2D eigenvalue weighted by molar-refractivity contribution is 8.13. The summed E-state index contributed by atoms with van der Waals surface area (Å²) < 4.78 is 21.6. The van der Waals surface area contributed by atoms with Gasteiger partial charge >= 0.3 is 0 Å². The molecule has 0 aliphatic rings. The summed E-state index contributed by atoms with van der Waals surface area (Å²) in [5, 5.41) is 2.10. The lowest BCUT2D eigenvalue weighted by Crippen LogP contribution is -2.02. The van der Waals surface area contributed by atoms with Crippen molar-refractivity contribution in [1.82, 2.24) is 4.98 Å². The Bertz CT molecular complexity index is 610. The fourth-order valence-corrected chi connectivity index (χ4v) is 2.18. The van der Waals surface area contributed by atoms with Crippen LogP contribution in [0.4, 0.5) is 0 Å². The Kier molecular flexibility index (Phi) is 3.12. The van der Waals surface area contributed by atoms with Gasteiger partial charge in [-0.3, -0.25) is 4.98 Å². The van der Waals surface area contributed by atoms with Crippen molar-refractivity contribution in [3.63, 3.8) is 0 Å². The van der Waals surface area contributed by atoms with Gasteiger partial charge in [0, 0.05) is 34.4 Å². The highest BCUT2D eigenvalue weighted by Crippen LogP contribution is 2.14. The molecule has 0 saturated carbocycles. The highest BCUT2D eigenvalue weighted by atomic mass is 35.7. The maximum absolute atomic E-state index is 10.8. The van der Waals surface area contributed by atoms with Crippen LogP contribution in [-0.2, 0) is 15.5 Å². The summed E-state index contributed by atoms with van der Waals surface area (Å²) >= 11 is 0. The molecule has 2 aromatic rings. The van der Waals surface area contributed by atoms with E-state index < -0.39 is 9.05 Å². The van der Waals surface area contributed by atoms with Crippen LogP contribution < -0.4 is 0 Å². The molecule has 0 aliphatic heterocycles. The number of aromatic nitrogens is 1. The largest absolute Gasteiger partial charge is 0.261 e. The number of benzene rings is 1. The zero-order valence-corrected chi connectivity index (χ0v) is 10.0. The molecule has 16 heavy (non-hydrogen) atoms. The van der Waals surface area contributed by atoms with Crippen LogP contribution in [0, 0.1) is 0 Å². The number of aryl methyl sites for hydroxylation is 1. The van der Waals surface area contributed by atoms with Gasteiger partial charge in [0.2, 0.25) is 9.05 Å². The SMILES string of the molecule is O=S(=O)(Cl)CCc1cc2ccccc2cn1. The summed E-state index contributed by atoms with van der Waals surface area (Å²) in [5.74, 6) is -0.0834. The quantitative estimate of drug-likeness (QED) is 0.791. The van der Waals surface area contributed by atoms with Gasteiger partial charge in [-0.15, -0.1) is 0 Å². The second-order valence-corrected chi connectivity index (χ2v) is 6.41. The minimum atomic E-state index is -3.44. The van der Waals surface area contributed by atoms with E-state index in [1.807, 2.05) is 30.3 Å². The lowest BCUT2D eigenvalue weighted by Gasteiger charge is -2.01. The predicted octanol–water partition coefficient (Wildman–Crippen LogP) is 2.35. The van der Waals surface area contributed by atoms with Crippen LogP contribution in [0.1, 0.15) is 5.69 Å². The topological polar surface area (TPSA) is 47.0 Å². The van der Waals surface area contributed by atoms with E-state index in [1.165, 1.54) is 0 Å². The Balaban J connectivity index is 2.26. The number of fused-ring (bicyclic) bond motifs is 1. The van der Waals surface area contributed by atoms with Crippen LogP contribution in [0.25, 0.3) is 10.8 Å². The molecule has 84 valence electrons. The first kappa shape index (κ1) is 11.4. The number of pyridine rings is 1. The normalized spacial score (nSPS) is 11.8. The first-order valence-corrected chi connectivity index (χ1v) is 7.28. The number of hydrogen-bond acceptors (Lipinski definition) is 3. The van der Waals surface area contributed by atoms with Crippen LogP contribution in [0.5, 0.6) is 0 Å². The third-order valence-electron chi connectivity index (χ3n) is 2.29. The standard InChI is InChI=1S/C11H10ClNO2S/c12-16(14,15)6-5-11-7-9-3-1-2-4-10(9)8-13-11/h1-4,7-8H,5-6H2. The Labute approximate surface area is 98.5 Å². The lowest BCUT2D eigenvalue weighted by molar-refractivity contribution is 0.608. The molecule has 1 aromatic carbocycles. The zero-order chi connectivity index (χ0) is 11.6. The third kappa shape index (κ3) is 2.93. The van der Waals surface area contributed by atoms with Crippen molar-refractivity contribution in [1.29, 1.82) is 0 Å². The predicted molar refractivity (Wildman–Crippen MR) is 65.1 cm³/mol. The van der Waals surface area contributed by atoms with Crippen molar-refractivity contribution in [2.24, 2.45) is 0 Å². The van der Waals surface area contributed by atoms with Crippen LogP contribution >= 0.6 is 10.7 Å². The number of rotatable bonds is 3. The maximum Gasteiger partial charge on any atom is 0.232 e. The van der Waals surface area contributed by atoms with Gasteiger partial charge in [0.1, 0.15) is 0 Å². The van der Waals surface area contributed by atoms with Gasteiger partial charge < -0.3 is 0 Å². The Morgan fingerprint density at radius 1 is 1.19 bits per heavy atom. The van der Waals surface area contributed by atoms with E-state index >= 15 is 0 Å². The first-order chi connectivity index (χ1) is 7.54. The monoisotopic (exact) mass is 255 g/mol. The summed E-state index contributed by atoms with van der Waals surface area (Å²) in [6.45, 7) is 0. The molecular formula is C11H10ClNO2S. The smallest absolute Gasteiger partial charge is 0.232 e. The molecule has 0 bridgehead atoms. The molecule has 0 unspecified atom stereocenters. The van der Waals surface area contributed by atoms with Gasteiger partial charge in [-0.25, -0.2) is 8.42 Å². The Morgan fingerprint density at radius 3 is 2.56 bits per heavy atom. The fourth-order valence-electron chi connectivity index (χ4n) is 1.49. The van der Waals surface area contributed by atoms with Crippen molar-refractivity contribution in [2.45, 2.75) is 6.42 Å². The van der Waals surface area contributed by atoms with E-state index in [2.05, 4.69) is 4.98 Å². The van der Waals surface area contributed by atoms with Gasteiger partial charge in [0.05, 0.1) is 5.75 Å². The van der Waals surface area contributed by atoms with Crippen molar-refractivity contribution >= 4 is 30.5 Å². The van der Waals surface area contributed by atoms with E-state index in [0.717, 1.165) is 16.5 Å². The first-order valence-electron chi connectivity index (χ1n) is 4.81. The van der Waals surface area contributed by atoms with Crippen molar-refractivity contribution in [3.8, 4) is 0 Å². The summed E-state index contributed by atoms with van der Waals surface area (Å²) in [5.41, 5.74) is 0.739. The molecule has 0 fully saturated rings. The highest BCUT2D eigenvalue weighted by Gasteiger charge is 2.06. The molecule has 0 atom stereocenters. The molecule has 0 amide bonds. The van der Waals surface area contributed by atoms with Crippen molar-refractivity contribution < 1.29 is 8.42 Å². The molecule has 0 spiro atoms. The molecule has 2 rings (SSSR count). The molecule has 1 aromatic heterocycles. The molecule has 3 nitrogen and oxygen atoms in total. The van der Waals surface area contributed by atoms with E-state index in [4.69, 9.17) is 10.7 Å². The molecule has 5 heteroatoms. The van der Waals surface area contributed by atoms with E-state index in [1.54, 1.807) is 6.20 Å². The molecule has 0 aliphatic carbocycles. The molecule has 0 saturated heterocycles. The second kappa shape index (κ2) is 4.39. The van der Waals surface area contributed by atoms with Gasteiger partial charge in [0.25, 0.3) is 0 Å². The van der Waals surface area contributed by atoms with Gasteiger partial charge in [-0.1, -0.05) is 24.3 Å². The van der Waals surface area contributed by atoms with Crippen LogP contribution in [-0.4, -0.2) is 19.2 Å². The number of hydrogen-bond donors (Lipinski definition) is 0. The molecular weight excluding hydrogens is 246 g/mol. The number of nitrogens with zero attached hydrogens (tertiary/aromatic N) is 1. The summed E-state index contributed by atoms with van der Waals surface area (Å²) in [4.78, 5) is 4.19. The summed E-state index contributed by atoms with van der Waals surface area (Å²) in [6.07, 6.45) is 2.09. The molecule has 0 N–H and O–H groups in total. The fraction of sp³-hybridized carbons (Fsp3) is 0.182. The van der Waals surface area contributed by atoms with Crippen LogP contribution in [0.15, 0.2) is 36.5 Å². The average molecular weight is 256 g/mol. The van der Waals surface area contributed by atoms with Gasteiger partial charge in [-0.2, -0.15) is 0 Å². The minimum Gasteiger partial charge on any atom is -0.261 e. The molecule has 0 radical (unpaired) electrons. The Hall–Kier alpha value is -1.13. The maximum atomic E-state index is 10.8. The minimum absolute atomic E-state index is 0.0834. The molecule has 1 heterocycles. The summed E-state index contributed by atoms with van der Waals surface area (Å²) in [7, 11) is 1.70. The lowest BCUT2D eigenvalue weighted by atomic mass is 10.1.